The van der Waals surface area contributed by atoms with Crippen molar-refractivity contribution in [1.82, 2.24) is 9.55 Å². The van der Waals surface area contributed by atoms with Crippen LogP contribution >= 0.6 is 11.3 Å². The zero-order chi connectivity index (χ0) is 20.3. The Kier molecular flexibility index (Phi) is 6.28. The van der Waals surface area contributed by atoms with Gasteiger partial charge in [0.15, 0.2) is 0 Å². The summed E-state index contributed by atoms with van der Waals surface area (Å²) in [5, 5.41) is 0.331. The molecule has 3 rings (SSSR count). The summed E-state index contributed by atoms with van der Waals surface area (Å²) in [6, 6.07) is 0. The molecule has 2 unspecified atom stereocenters. The topological polar surface area (TPSA) is 87.5 Å². The molecule has 0 radical (unpaired) electrons. The standard InChI is InChI=1S/C20H24N2O5S/c1-4-8-26-20(25)17-13(3)16-18(28-17)21-11-22(19(16)24)10-15(23)27-14-7-5-6-12(2)9-14/h4,11-12,14H,1,5-10H2,2-3H3. The van der Waals surface area contributed by atoms with Crippen molar-refractivity contribution in [1.29, 1.82) is 0 Å². The number of hydrogen-bond acceptors (Lipinski definition) is 7. The van der Waals surface area contributed by atoms with Crippen molar-refractivity contribution in [3.8, 4) is 0 Å². The van der Waals surface area contributed by atoms with Crippen LogP contribution in [0.15, 0.2) is 23.8 Å². The summed E-state index contributed by atoms with van der Waals surface area (Å²) < 4.78 is 11.8. The summed E-state index contributed by atoms with van der Waals surface area (Å²) in [4.78, 5) is 42.3. The highest BCUT2D eigenvalue weighted by molar-refractivity contribution is 7.20. The molecular formula is C20H24N2O5S. The van der Waals surface area contributed by atoms with Gasteiger partial charge in [-0.3, -0.25) is 14.2 Å². The minimum atomic E-state index is -0.517. The maximum atomic E-state index is 12.8. The van der Waals surface area contributed by atoms with Gasteiger partial charge in [0.05, 0.1) is 11.7 Å². The molecule has 7 nitrogen and oxygen atoms in total. The van der Waals surface area contributed by atoms with Crippen LogP contribution in [0.3, 0.4) is 0 Å². The van der Waals surface area contributed by atoms with Crippen molar-refractivity contribution in [3.63, 3.8) is 0 Å². The average Bonchev–Trinajstić information content (AvgIpc) is 2.99. The molecule has 0 aliphatic heterocycles. The lowest BCUT2D eigenvalue weighted by molar-refractivity contribution is -0.152. The predicted molar refractivity (Wildman–Crippen MR) is 107 cm³/mol. The van der Waals surface area contributed by atoms with E-state index >= 15 is 0 Å². The number of fused-ring (bicyclic) bond motifs is 1. The van der Waals surface area contributed by atoms with Gasteiger partial charge in [-0.1, -0.05) is 26.0 Å². The van der Waals surface area contributed by atoms with Crippen LogP contribution in [-0.4, -0.2) is 34.2 Å². The molecular weight excluding hydrogens is 380 g/mol. The first-order valence-electron chi connectivity index (χ1n) is 9.36. The molecule has 1 saturated carbocycles. The van der Waals surface area contributed by atoms with Crippen molar-refractivity contribution < 1.29 is 19.1 Å². The number of aryl methyl sites for hydroxylation is 1. The van der Waals surface area contributed by atoms with E-state index in [0.29, 0.717) is 26.6 Å². The number of ether oxygens (including phenoxy) is 2. The van der Waals surface area contributed by atoms with E-state index < -0.39 is 11.9 Å². The second-order valence-electron chi connectivity index (χ2n) is 7.18. The van der Waals surface area contributed by atoms with Crippen LogP contribution in [0, 0.1) is 12.8 Å². The highest BCUT2D eigenvalue weighted by Crippen LogP contribution is 2.28. The average molecular weight is 404 g/mol. The number of nitrogens with zero attached hydrogens (tertiary/aromatic N) is 2. The van der Waals surface area contributed by atoms with E-state index in [0.717, 1.165) is 37.0 Å². The van der Waals surface area contributed by atoms with Crippen molar-refractivity contribution in [3.05, 3.63) is 39.8 Å². The lowest BCUT2D eigenvalue weighted by Crippen LogP contribution is -2.30. The SMILES string of the molecule is C=CCOC(=O)c1sc2ncn(CC(=O)OC3CCCC(C)C3)c(=O)c2c1C. The number of carbonyl (C=O) groups is 2. The molecule has 150 valence electrons. The van der Waals surface area contributed by atoms with Gasteiger partial charge in [-0.15, -0.1) is 11.3 Å². The van der Waals surface area contributed by atoms with Gasteiger partial charge >= 0.3 is 11.9 Å². The Morgan fingerprint density at radius 2 is 2.21 bits per heavy atom. The summed E-state index contributed by atoms with van der Waals surface area (Å²) in [6.07, 6.45) is 6.64. The fourth-order valence-corrected chi connectivity index (χ4v) is 4.55. The molecule has 1 fully saturated rings. The third kappa shape index (κ3) is 4.32. The summed E-state index contributed by atoms with van der Waals surface area (Å²) in [7, 11) is 0. The van der Waals surface area contributed by atoms with Crippen LogP contribution in [-0.2, 0) is 20.8 Å². The van der Waals surface area contributed by atoms with Gasteiger partial charge < -0.3 is 9.47 Å². The fourth-order valence-electron chi connectivity index (χ4n) is 3.51. The molecule has 2 aromatic heterocycles. The Bertz CT molecular complexity index is 961. The van der Waals surface area contributed by atoms with Crippen molar-refractivity contribution in [2.24, 2.45) is 5.92 Å². The van der Waals surface area contributed by atoms with Crippen molar-refractivity contribution in [2.75, 3.05) is 6.61 Å². The Morgan fingerprint density at radius 3 is 2.93 bits per heavy atom. The van der Waals surface area contributed by atoms with E-state index in [1.165, 1.54) is 17.0 Å². The number of esters is 2. The molecule has 0 bridgehead atoms. The van der Waals surface area contributed by atoms with Crippen LogP contribution < -0.4 is 5.56 Å². The van der Waals surface area contributed by atoms with Crippen LogP contribution in [0.4, 0.5) is 0 Å². The van der Waals surface area contributed by atoms with E-state index in [4.69, 9.17) is 9.47 Å². The normalized spacial score (nSPS) is 19.4. The van der Waals surface area contributed by atoms with Crippen LogP contribution in [0.1, 0.15) is 47.8 Å². The molecule has 1 aliphatic rings. The molecule has 1 aliphatic carbocycles. The fraction of sp³-hybridized carbons (Fsp3) is 0.500. The first-order chi connectivity index (χ1) is 13.4. The quantitative estimate of drug-likeness (QED) is 0.543. The van der Waals surface area contributed by atoms with Crippen LogP contribution in [0.2, 0.25) is 0 Å². The van der Waals surface area contributed by atoms with Gasteiger partial charge in [0, 0.05) is 0 Å². The Balaban J connectivity index is 1.79. The van der Waals surface area contributed by atoms with Crippen LogP contribution in [0.25, 0.3) is 10.2 Å². The highest BCUT2D eigenvalue weighted by atomic mass is 32.1. The van der Waals surface area contributed by atoms with Gasteiger partial charge in [-0.25, -0.2) is 9.78 Å². The number of thiophene rings is 1. The first-order valence-corrected chi connectivity index (χ1v) is 10.2. The Morgan fingerprint density at radius 1 is 1.43 bits per heavy atom. The summed E-state index contributed by atoms with van der Waals surface area (Å²) >= 11 is 1.10. The van der Waals surface area contributed by atoms with Crippen molar-refractivity contribution >= 4 is 33.5 Å². The molecule has 0 spiro atoms. The van der Waals surface area contributed by atoms with E-state index in [1.54, 1.807) is 6.92 Å². The molecule has 0 N–H and O–H groups in total. The lowest BCUT2D eigenvalue weighted by Gasteiger charge is -2.26. The monoisotopic (exact) mass is 404 g/mol. The van der Waals surface area contributed by atoms with E-state index in [2.05, 4.69) is 18.5 Å². The molecule has 0 amide bonds. The maximum absolute atomic E-state index is 12.8. The summed E-state index contributed by atoms with van der Waals surface area (Å²) in [5.41, 5.74) is 0.144. The van der Waals surface area contributed by atoms with Crippen molar-refractivity contribution in [2.45, 2.75) is 52.2 Å². The molecule has 2 heterocycles. The first kappa shape index (κ1) is 20.3. The maximum Gasteiger partial charge on any atom is 0.348 e. The van der Waals surface area contributed by atoms with Gasteiger partial charge in [0.1, 0.15) is 29.0 Å². The van der Waals surface area contributed by atoms with Crippen LogP contribution in [0.5, 0.6) is 0 Å². The number of hydrogen-bond donors (Lipinski definition) is 0. The summed E-state index contributed by atoms with van der Waals surface area (Å²) in [6.45, 7) is 7.24. The molecule has 2 aromatic rings. The zero-order valence-electron chi connectivity index (χ0n) is 16.1. The largest absolute Gasteiger partial charge is 0.461 e. The lowest BCUT2D eigenvalue weighted by atomic mass is 9.89. The minimum absolute atomic E-state index is 0.0854. The number of carbonyl (C=O) groups excluding carboxylic acids is 2. The van der Waals surface area contributed by atoms with Gasteiger partial charge in [-0.2, -0.15) is 0 Å². The van der Waals surface area contributed by atoms with Gasteiger partial charge in [-0.05, 0) is 37.7 Å². The summed E-state index contributed by atoms with van der Waals surface area (Å²) in [5.74, 6) is -0.418. The van der Waals surface area contributed by atoms with Gasteiger partial charge in [0.25, 0.3) is 5.56 Å². The minimum Gasteiger partial charge on any atom is -0.461 e. The molecule has 0 aromatic carbocycles. The second-order valence-corrected chi connectivity index (χ2v) is 8.18. The van der Waals surface area contributed by atoms with Gasteiger partial charge in [0.2, 0.25) is 0 Å². The van der Waals surface area contributed by atoms with E-state index in [-0.39, 0.29) is 24.8 Å². The molecule has 28 heavy (non-hydrogen) atoms. The Hall–Kier alpha value is -2.48. The molecule has 0 saturated heterocycles. The van der Waals surface area contributed by atoms with E-state index in [1.807, 2.05) is 0 Å². The zero-order valence-corrected chi connectivity index (χ0v) is 16.9. The number of aromatic nitrogens is 2. The molecule has 2 atom stereocenters. The third-order valence-corrected chi connectivity index (χ3v) is 6.10. The smallest absolute Gasteiger partial charge is 0.348 e. The second kappa shape index (κ2) is 8.68. The van der Waals surface area contributed by atoms with E-state index in [9.17, 15) is 14.4 Å². The highest BCUT2D eigenvalue weighted by Gasteiger charge is 2.24. The molecule has 8 heteroatoms. The predicted octanol–water partition coefficient (Wildman–Crippen LogP) is 3.23. The Labute approximate surface area is 167 Å². The third-order valence-electron chi connectivity index (χ3n) is 4.92. The number of rotatable bonds is 6.